The third-order valence-electron chi connectivity index (χ3n) is 6.39. The molecule has 1 aromatic heterocycles. The highest BCUT2D eigenvalue weighted by Gasteiger charge is 2.25. The molecule has 3 aromatic rings. The van der Waals surface area contributed by atoms with Gasteiger partial charge in [0, 0.05) is 23.7 Å². The van der Waals surface area contributed by atoms with E-state index in [2.05, 4.69) is 34.4 Å². The van der Waals surface area contributed by atoms with Gasteiger partial charge in [-0.2, -0.15) is 0 Å². The van der Waals surface area contributed by atoms with Crippen LogP contribution in [-0.4, -0.2) is 23.6 Å². The Morgan fingerprint density at radius 1 is 1.14 bits per heavy atom. The highest BCUT2D eigenvalue weighted by molar-refractivity contribution is 6.30. The third-order valence-corrected chi connectivity index (χ3v) is 6.63. The van der Waals surface area contributed by atoms with E-state index in [1.54, 1.807) is 12.3 Å². The molecule has 1 unspecified atom stereocenters. The second-order valence-electron chi connectivity index (χ2n) is 9.85. The fraction of sp³-hybridized carbons (Fsp3) is 0.429. The molecule has 0 spiro atoms. The van der Waals surface area contributed by atoms with Crippen molar-refractivity contribution in [1.82, 2.24) is 4.98 Å². The molecule has 1 heterocycles. The van der Waals surface area contributed by atoms with Crippen LogP contribution >= 0.6 is 11.6 Å². The Bertz CT molecular complexity index is 1180. The van der Waals surface area contributed by atoms with Crippen LogP contribution in [0.5, 0.6) is 5.75 Å². The van der Waals surface area contributed by atoms with Crippen molar-refractivity contribution in [2.45, 2.75) is 65.0 Å². The molecule has 1 fully saturated rings. The lowest BCUT2D eigenvalue weighted by atomic mass is 9.93. The van der Waals surface area contributed by atoms with Crippen molar-refractivity contribution in [3.05, 3.63) is 65.6 Å². The summed E-state index contributed by atoms with van der Waals surface area (Å²) >= 11 is 5.85. The van der Waals surface area contributed by atoms with Crippen LogP contribution in [0.25, 0.3) is 0 Å². The van der Waals surface area contributed by atoms with Gasteiger partial charge in [0.05, 0.1) is 23.3 Å². The number of hydrogen-bond acceptors (Lipinski definition) is 5. The second kappa shape index (κ2) is 12.3. The van der Waals surface area contributed by atoms with Gasteiger partial charge >= 0.3 is 6.03 Å². The van der Waals surface area contributed by atoms with E-state index < -0.39 is 18.0 Å². The second-order valence-corrected chi connectivity index (χ2v) is 10.3. The fourth-order valence-electron chi connectivity index (χ4n) is 4.73. The van der Waals surface area contributed by atoms with Gasteiger partial charge in [-0.3, -0.25) is 0 Å². The maximum Gasteiger partial charge on any atom is 0.323 e. The molecule has 7 nitrogen and oxygen atoms in total. The summed E-state index contributed by atoms with van der Waals surface area (Å²) in [5, 5.41) is 5.78. The van der Waals surface area contributed by atoms with Crippen LogP contribution in [0.15, 0.2) is 53.3 Å². The smallest absolute Gasteiger partial charge is 0.323 e. The molecule has 0 aliphatic heterocycles. The molecular formula is C28H34ClFN4O3. The Morgan fingerprint density at radius 2 is 1.89 bits per heavy atom. The van der Waals surface area contributed by atoms with Crippen LogP contribution < -0.4 is 20.3 Å². The summed E-state index contributed by atoms with van der Waals surface area (Å²) in [6, 6.07) is 9.61. The number of anilines is 3. The van der Waals surface area contributed by atoms with E-state index in [1.807, 2.05) is 19.1 Å². The average Bonchev–Trinajstić information content (AvgIpc) is 3.41. The summed E-state index contributed by atoms with van der Waals surface area (Å²) in [6.45, 7) is 7.07. The highest BCUT2D eigenvalue weighted by Crippen LogP contribution is 2.37. The van der Waals surface area contributed by atoms with Crippen molar-refractivity contribution in [1.29, 1.82) is 0 Å². The summed E-state index contributed by atoms with van der Waals surface area (Å²) in [6.07, 6.45) is 8.48. The van der Waals surface area contributed by atoms with Gasteiger partial charge in [0.2, 0.25) is 5.89 Å². The molecule has 1 atom stereocenters. The molecule has 4 rings (SSSR count). The molecule has 0 saturated heterocycles. The van der Waals surface area contributed by atoms with E-state index >= 15 is 0 Å². The van der Waals surface area contributed by atoms with Gasteiger partial charge in [0.1, 0.15) is 17.8 Å². The zero-order valence-electron chi connectivity index (χ0n) is 21.5. The van der Waals surface area contributed by atoms with Gasteiger partial charge in [-0.15, -0.1) is 0 Å². The summed E-state index contributed by atoms with van der Waals surface area (Å²) in [7, 11) is 0. The highest BCUT2D eigenvalue weighted by atomic mass is 35.5. The van der Waals surface area contributed by atoms with E-state index in [4.69, 9.17) is 20.8 Å². The Balaban J connectivity index is 1.63. The Hall–Kier alpha value is -3.26. The van der Waals surface area contributed by atoms with E-state index in [9.17, 15) is 9.18 Å². The quantitative estimate of drug-likeness (QED) is 0.293. The minimum absolute atomic E-state index is 0.0414. The number of aromatic nitrogens is 1. The van der Waals surface area contributed by atoms with Gasteiger partial charge in [0.15, 0.2) is 6.10 Å². The fourth-order valence-corrected chi connectivity index (χ4v) is 4.88. The first-order valence-electron chi connectivity index (χ1n) is 12.8. The Morgan fingerprint density at radius 3 is 2.57 bits per heavy atom. The third kappa shape index (κ3) is 7.16. The van der Waals surface area contributed by atoms with Crippen molar-refractivity contribution in [2.24, 2.45) is 5.92 Å². The van der Waals surface area contributed by atoms with Gasteiger partial charge in [-0.25, -0.2) is 14.2 Å². The molecule has 1 aliphatic carbocycles. The van der Waals surface area contributed by atoms with E-state index in [0.717, 1.165) is 31.1 Å². The van der Waals surface area contributed by atoms with E-state index in [-0.39, 0.29) is 10.7 Å². The number of carbonyl (C=O) groups excluding carboxylic acids is 1. The number of nitrogens with one attached hydrogen (secondary N) is 2. The summed E-state index contributed by atoms with van der Waals surface area (Å²) < 4.78 is 25.8. The number of ether oxygens (including phenoxy) is 1. The van der Waals surface area contributed by atoms with Crippen molar-refractivity contribution in [2.75, 3.05) is 22.1 Å². The number of rotatable bonds is 9. The number of oxazole rings is 1. The molecule has 198 valence electrons. The molecule has 1 saturated carbocycles. The maximum absolute atomic E-state index is 14.3. The molecule has 0 bridgehead atoms. The Labute approximate surface area is 222 Å². The molecule has 2 aromatic carbocycles. The van der Waals surface area contributed by atoms with Gasteiger partial charge in [-0.1, -0.05) is 44.7 Å². The lowest BCUT2D eigenvalue weighted by Crippen LogP contribution is -2.40. The number of amides is 2. The molecule has 2 N–H and O–H groups in total. The molecule has 1 aliphatic rings. The minimum Gasteiger partial charge on any atom is -0.481 e. The summed E-state index contributed by atoms with van der Waals surface area (Å²) in [5.41, 5.74) is 1.53. The lowest BCUT2D eigenvalue weighted by molar-refractivity contribution is 0.189. The van der Waals surface area contributed by atoms with Gasteiger partial charge in [-0.05, 0) is 56.0 Å². The van der Waals surface area contributed by atoms with Crippen LogP contribution in [0.1, 0.15) is 64.9 Å². The van der Waals surface area contributed by atoms with Crippen LogP contribution in [0, 0.1) is 11.7 Å². The van der Waals surface area contributed by atoms with Gasteiger partial charge < -0.3 is 24.7 Å². The zero-order chi connectivity index (χ0) is 26.4. The van der Waals surface area contributed by atoms with Crippen molar-refractivity contribution >= 4 is 34.7 Å². The Kier molecular flexibility index (Phi) is 8.92. The molecule has 0 radical (unpaired) electrons. The molecule has 2 amide bonds. The summed E-state index contributed by atoms with van der Waals surface area (Å²) in [5.74, 6) is 0.824. The molecular weight excluding hydrogens is 495 g/mol. The zero-order valence-corrected chi connectivity index (χ0v) is 22.2. The maximum atomic E-state index is 14.3. The van der Waals surface area contributed by atoms with Crippen LogP contribution in [0.2, 0.25) is 5.02 Å². The van der Waals surface area contributed by atoms with Crippen LogP contribution in [-0.2, 0) is 0 Å². The summed E-state index contributed by atoms with van der Waals surface area (Å²) in [4.78, 5) is 19.6. The van der Waals surface area contributed by atoms with Crippen molar-refractivity contribution in [3.63, 3.8) is 0 Å². The predicted octanol–water partition coefficient (Wildman–Crippen LogP) is 8.05. The topological polar surface area (TPSA) is 79.6 Å². The van der Waals surface area contributed by atoms with E-state index in [1.165, 1.54) is 37.7 Å². The van der Waals surface area contributed by atoms with Crippen molar-refractivity contribution in [3.8, 4) is 5.75 Å². The average molecular weight is 529 g/mol. The van der Waals surface area contributed by atoms with Crippen LogP contribution in [0.3, 0.4) is 0 Å². The number of benzene rings is 2. The SMILES string of the molecule is CC(C)CN(c1ccc(OC(C)c2ncco2)cc1NC(=O)Nc1ccc(Cl)cc1F)C1CCCCC1. The first-order valence-corrected chi connectivity index (χ1v) is 13.2. The normalized spacial score (nSPS) is 14.9. The number of halogens is 2. The molecule has 9 heteroatoms. The monoisotopic (exact) mass is 528 g/mol. The predicted molar refractivity (Wildman–Crippen MR) is 145 cm³/mol. The largest absolute Gasteiger partial charge is 0.481 e. The number of nitrogens with zero attached hydrogens (tertiary/aromatic N) is 2. The van der Waals surface area contributed by atoms with Gasteiger partial charge in [0.25, 0.3) is 0 Å². The first-order chi connectivity index (χ1) is 17.8. The lowest BCUT2D eigenvalue weighted by Gasteiger charge is -2.38. The minimum atomic E-state index is -0.608. The van der Waals surface area contributed by atoms with Crippen LogP contribution in [0.4, 0.5) is 26.2 Å². The van der Waals surface area contributed by atoms with E-state index in [0.29, 0.717) is 29.3 Å². The number of carbonyl (C=O) groups is 1. The first kappa shape index (κ1) is 26.8. The van der Waals surface area contributed by atoms with Crippen molar-refractivity contribution < 1.29 is 18.3 Å². The number of urea groups is 1. The molecule has 37 heavy (non-hydrogen) atoms. The standard InChI is InChI=1S/C28H34ClFN4O3/c1-18(2)17-34(21-7-5-4-6-8-21)26-12-10-22(37-19(3)27-31-13-14-36-27)16-25(26)33-28(35)32-24-11-9-20(29)15-23(24)30/h9-16,18-19,21H,4-8,17H2,1-3H3,(H2,32,33,35). The number of hydrogen-bond donors (Lipinski definition) is 2.